The van der Waals surface area contributed by atoms with E-state index in [4.69, 9.17) is 5.73 Å². The number of hydrogen-bond donors (Lipinski definition) is 1. The smallest absolute Gasteiger partial charge is 0.227 e. The van der Waals surface area contributed by atoms with Gasteiger partial charge in [0, 0.05) is 19.6 Å². The van der Waals surface area contributed by atoms with E-state index >= 15 is 0 Å². The number of sulfone groups is 1. The predicted molar refractivity (Wildman–Crippen MR) is 73.3 cm³/mol. The Labute approximate surface area is 113 Å². The quantitative estimate of drug-likeness (QED) is 0.842. The van der Waals surface area contributed by atoms with Gasteiger partial charge in [-0.1, -0.05) is 24.3 Å². The first-order chi connectivity index (χ1) is 9.02. The van der Waals surface area contributed by atoms with E-state index in [2.05, 4.69) is 0 Å². The summed E-state index contributed by atoms with van der Waals surface area (Å²) < 4.78 is 22.6. The second-order valence-electron chi connectivity index (χ2n) is 4.68. The Kier molecular flexibility index (Phi) is 4.21. The van der Waals surface area contributed by atoms with Gasteiger partial charge in [0.25, 0.3) is 0 Å². The van der Waals surface area contributed by atoms with Crippen LogP contribution in [0, 0.1) is 0 Å². The maximum absolute atomic E-state index is 12.1. The normalized spacial score (nSPS) is 18.3. The van der Waals surface area contributed by atoms with Crippen LogP contribution in [0.1, 0.15) is 11.1 Å². The molecule has 5 nitrogen and oxygen atoms in total. The highest BCUT2D eigenvalue weighted by molar-refractivity contribution is 7.91. The molecule has 2 rings (SSSR count). The van der Waals surface area contributed by atoms with Crippen LogP contribution in [0.25, 0.3) is 0 Å². The van der Waals surface area contributed by atoms with Gasteiger partial charge >= 0.3 is 0 Å². The molecule has 1 fully saturated rings. The Morgan fingerprint density at radius 1 is 1.16 bits per heavy atom. The lowest BCUT2D eigenvalue weighted by Gasteiger charge is -2.27. The van der Waals surface area contributed by atoms with Crippen molar-refractivity contribution in [2.24, 2.45) is 5.73 Å². The molecule has 1 aliphatic rings. The zero-order valence-corrected chi connectivity index (χ0v) is 11.5. The fourth-order valence-electron chi connectivity index (χ4n) is 2.17. The topological polar surface area (TPSA) is 80.5 Å². The van der Waals surface area contributed by atoms with E-state index < -0.39 is 9.84 Å². The minimum absolute atomic E-state index is 0.0317. The molecule has 0 unspecified atom stereocenters. The molecule has 19 heavy (non-hydrogen) atoms. The van der Waals surface area contributed by atoms with Gasteiger partial charge in [0.05, 0.1) is 17.9 Å². The molecule has 1 saturated heterocycles. The van der Waals surface area contributed by atoms with Crippen molar-refractivity contribution in [3.63, 3.8) is 0 Å². The molecule has 0 aromatic heterocycles. The van der Waals surface area contributed by atoms with E-state index in [0.29, 0.717) is 19.6 Å². The fourth-order valence-corrected chi connectivity index (χ4v) is 3.37. The van der Waals surface area contributed by atoms with Crippen LogP contribution in [0.5, 0.6) is 0 Å². The zero-order chi connectivity index (χ0) is 13.9. The minimum atomic E-state index is -2.95. The summed E-state index contributed by atoms with van der Waals surface area (Å²) in [6.07, 6.45) is 0.285. The Bertz CT molecular complexity index is 555. The highest BCUT2D eigenvalue weighted by Crippen LogP contribution is 2.12. The van der Waals surface area contributed by atoms with E-state index in [1.54, 1.807) is 4.90 Å². The molecule has 104 valence electrons. The largest absolute Gasteiger partial charge is 0.340 e. The molecular formula is C13H18N2O3S. The van der Waals surface area contributed by atoms with Crippen molar-refractivity contribution < 1.29 is 13.2 Å². The Balaban J connectivity index is 2.02. The molecule has 0 spiro atoms. The molecule has 0 radical (unpaired) electrons. The molecule has 0 saturated carbocycles. The second-order valence-corrected chi connectivity index (χ2v) is 6.99. The highest BCUT2D eigenvalue weighted by atomic mass is 32.2. The van der Waals surface area contributed by atoms with Gasteiger partial charge in [-0.05, 0) is 11.1 Å². The van der Waals surface area contributed by atoms with Crippen LogP contribution in [0.15, 0.2) is 24.3 Å². The lowest BCUT2D eigenvalue weighted by Crippen LogP contribution is -2.44. The number of carbonyl (C=O) groups is 1. The first kappa shape index (κ1) is 14.0. The summed E-state index contributed by atoms with van der Waals surface area (Å²) in [5.41, 5.74) is 7.51. The standard InChI is InChI=1S/C13H18N2O3S/c14-10-12-4-2-1-3-11(12)9-13(16)15-5-7-19(17,18)8-6-15/h1-4H,5-10,14H2. The van der Waals surface area contributed by atoms with Crippen LogP contribution in [0.4, 0.5) is 0 Å². The van der Waals surface area contributed by atoms with Gasteiger partial charge in [-0.15, -0.1) is 0 Å². The van der Waals surface area contributed by atoms with Gasteiger partial charge in [0.1, 0.15) is 0 Å². The van der Waals surface area contributed by atoms with Crippen molar-refractivity contribution in [3.8, 4) is 0 Å². The Morgan fingerprint density at radius 3 is 2.32 bits per heavy atom. The molecule has 2 N–H and O–H groups in total. The number of nitrogens with two attached hydrogens (primary N) is 1. The molecule has 1 aromatic rings. The monoisotopic (exact) mass is 282 g/mol. The maximum atomic E-state index is 12.1. The summed E-state index contributed by atoms with van der Waals surface area (Å²) in [5, 5.41) is 0. The van der Waals surface area contributed by atoms with Crippen LogP contribution < -0.4 is 5.73 Å². The van der Waals surface area contributed by atoms with E-state index in [1.165, 1.54) is 0 Å². The third-order valence-electron chi connectivity index (χ3n) is 3.38. The van der Waals surface area contributed by atoms with Crippen LogP contribution in [-0.2, 0) is 27.6 Å². The summed E-state index contributed by atoms with van der Waals surface area (Å²) in [6.45, 7) is 0.996. The summed E-state index contributed by atoms with van der Waals surface area (Å²) in [5.74, 6) is 0.102. The Hall–Kier alpha value is -1.40. The zero-order valence-electron chi connectivity index (χ0n) is 10.7. The molecule has 1 heterocycles. The number of nitrogens with zero attached hydrogens (tertiary/aromatic N) is 1. The molecule has 0 atom stereocenters. The molecule has 1 aliphatic heterocycles. The molecule has 0 bridgehead atoms. The average molecular weight is 282 g/mol. The molecule has 1 aromatic carbocycles. The van der Waals surface area contributed by atoms with Gasteiger partial charge < -0.3 is 10.6 Å². The van der Waals surface area contributed by atoms with Crippen LogP contribution in [0.3, 0.4) is 0 Å². The average Bonchev–Trinajstić information content (AvgIpc) is 2.39. The van der Waals surface area contributed by atoms with Crippen LogP contribution >= 0.6 is 0 Å². The Morgan fingerprint density at radius 2 is 1.74 bits per heavy atom. The SMILES string of the molecule is NCc1ccccc1CC(=O)N1CCS(=O)(=O)CC1. The van der Waals surface area contributed by atoms with Gasteiger partial charge in [-0.3, -0.25) is 4.79 Å². The van der Waals surface area contributed by atoms with Gasteiger partial charge in [-0.25, -0.2) is 8.42 Å². The lowest BCUT2D eigenvalue weighted by atomic mass is 10.0. The summed E-state index contributed by atoms with van der Waals surface area (Å²) in [4.78, 5) is 13.8. The van der Waals surface area contributed by atoms with Crippen LogP contribution in [-0.4, -0.2) is 43.8 Å². The highest BCUT2D eigenvalue weighted by Gasteiger charge is 2.25. The predicted octanol–water partition coefficient (Wildman–Crippen LogP) is -0.0552. The number of amides is 1. The van der Waals surface area contributed by atoms with Gasteiger partial charge in [0.2, 0.25) is 5.91 Å². The van der Waals surface area contributed by atoms with Crippen molar-refractivity contribution in [2.45, 2.75) is 13.0 Å². The molecule has 6 heteroatoms. The van der Waals surface area contributed by atoms with E-state index in [-0.39, 0.29) is 23.8 Å². The van der Waals surface area contributed by atoms with Crippen molar-refractivity contribution in [1.82, 2.24) is 4.90 Å². The van der Waals surface area contributed by atoms with Crippen molar-refractivity contribution in [3.05, 3.63) is 35.4 Å². The summed E-state index contributed by atoms with van der Waals surface area (Å²) in [6, 6.07) is 7.57. The van der Waals surface area contributed by atoms with Crippen molar-refractivity contribution in [1.29, 1.82) is 0 Å². The number of benzene rings is 1. The minimum Gasteiger partial charge on any atom is -0.340 e. The van der Waals surface area contributed by atoms with Crippen molar-refractivity contribution in [2.75, 3.05) is 24.6 Å². The third-order valence-corrected chi connectivity index (χ3v) is 4.99. The van der Waals surface area contributed by atoms with Gasteiger partial charge in [-0.2, -0.15) is 0 Å². The second kappa shape index (κ2) is 5.71. The van der Waals surface area contributed by atoms with Crippen molar-refractivity contribution >= 4 is 15.7 Å². The summed E-state index contributed by atoms with van der Waals surface area (Å²) >= 11 is 0. The van der Waals surface area contributed by atoms with Gasteiger partial charge in [0.15, 0.2) is 9.84 Å². The summed E-state index contributed by atoms with van der Waals surface area (Å²) in [7, 11) is -2.95. The van der Waals surface area contributed by atoms with Crippen LogP contribution in [0.2, 0.25) is 0 Å². The third kappa shape index (κ3) is 3.54. The maximum Gasteiger partial charge on any atom is 0.227 e. The molecular weight excluding hydrogens is 264 g/mol. The fraction of sp³-hybridized carbons (Fsp3) is 0.462. The molecule has 1 amide bonds. The number of carbonyl (C=O) groups excluding carboxylic acids is 1. The number of rotatable bonds is 3. The van der Waals surface area contributed by atoms with E-state index in [9.17, 15) is 13.2 Å². The number of hydrogen-bond acceptors (Lipinski definition) is 4. The first-order valence-corrected chi connectivity index (χ1v) is 8.09. The van der Waals surface area contributed by atoms with E-state index in [0.717, 1.165) is 11.1 Å². The first-order valence-electron chi connectivity index (χ1n) is 6.27. The van der Waals surface area contributed by atoms with E-state index in [1.807, 2.05) is 24.3 Å². The lowest BCUT2D eigenvalue weighted by molar-refractivity contribution is -0.130. The molecule has 0 aliphatic carbocycles.